The maximum absolute atomic E-state index is 13.2. The van der Waals surface area contributed by atoms with Gasteiger partial charge in [-0.2, -0.15) is 0 Å². The summed E-state index contributed by atoms with van der Waals surface area (Å²) in [7, 11) is 0. The first-order valence-corrected chi connectivity index (χ1v) is 12.7. The van der Waals surface area contributed by atoms with Crippen LogP contribution in [0.25, 0.3) is 0 Å². The number of halogens is 1. The first-order chi connectivity index (χ1) is 17.9. The number of benzene rings is 2. The number of ether oxygens (including phenoxy) is 1. The molecule has 0 spiro atoms. The molecular weight excluding hydrogens is 475 g/mol. The summed E-state index contributed by atoms with van der Waals surface area (Å²) in [6.07, 6.45) is 6.22. The Balaban J connectivity index is 1.57. The van der Waals surface area contributed by atoms with E-state index in [2.05, 4.69) is 10.6 Å². The van der Waals surface area contributed by atoms with Crippen LogP contribution in [-0.2, 0) is 32.0 Å². The average Bonchev–Trinajstić information content (AvgIpc) is 2.91. The molecule has 7 nitrogen and oxygen atoms in total. The lowest BCUT2D eigenvalue weighted by molar-refractivity contribution is -0.149. The SMILES string of the molecule is O=C(C[C@@H]1C/C=C/CC[C@H](Cc2ccc(F)cc2)C(=O)OCCNC1=O)N[C@H](CO)Cc1ccccc1. The number of amides is 2. The van der Waals surface area contributed by atoms with Crippen LogP contribution in [0.1, 0.15) is 36.8 Å². The Morgan fingerprint density at radius 3 is 2.54 bits per heavy atom. The molecule has 0 aliphatic carbocycles. The molecule has 37 heavy (non-hydrogen) atoms. The number of hydrogen-bond acceptors (Lipinski definition) is 5. The number of nitrogens with one attached hydrogen (secondary N) is 2. The predicted molar refractivity (Wildman–Crippen MR) is 138 cm³/mol. The van der Waals surface area contributed by atoms with Crippen LogP contribution in [0, 0.1) is 17.7 Å². The minimum atomic E-state index is -0.584. The number of aliphatic hydroxyl groups excluding tert-OH is 1. The van der Waals surface area contributed by atoms with Crippen molar-refractivity contribution < 1.29 is 28.6 Å². The van der Waals surface area contributed by atoms with E-state index in [-0.39, 0.29) is 55.7 Å². The maximum atomic E-state index is 13.2. The highest BCUT2D eigenvalue weighted by atomic mass is 19.1. The van der Waals surface area contributed by atoms with Gasteiger partial charge in [-0.05, 0) is 55.4 Å². The van der Waals surface area contributed by atoms with Crippen LogP contribution in [0.4, 0.5) is 4.39 Å². The Hall–Kier alpha value is -3.52. The fourth-order valence-electron chi connectivity index (χ4n) is 4.33. The number of hydrogen-bond donors (Lipinski definition) is 3. The lowest BCUT2D eigenvalue weighted by Crippen LogP contribution is -2.42. The molecule has 3 atom stereocenters. The van der Waals surface area contributed by atoms with Gasteiger partial charge in [0.1, 0.15) is 12.4 Å². The fraction of sp³-hybridized carbons (Fsp3) is 0.414. The molecule has 0 aromatic heterocycles. The zero-order valence-electron chi connectivity index (χ0n) is 20.9. The van der Waals surface area contributed by atoms with Crippen molar-refractivity contribution in [1.82, 2.24) is 10.6 Å². The van der Waals surface area contributed by atoms with Gasteiger partial charge in [-0.15, -0.1) is 0 Å². The van der Waals surface area contributed by atoms with Gasteiger partial charge in [0.25, 0.3) is 0 Å². The molecule has 0 saturated heterocycles. The number of carbonyl (C=O) groups excluding carboxylic acids is 3. The summed E-state index contributed by atoms with van der Waals surface area (Å²) in [4.78, 5) is 38.1. The highest BCUT2D eigenvalue weighted by molar-refractivity contribution is 5.86. The number of cyclic esters (lactones) is 1. The molecule has 1 aliphatic rings. The van der Waals surface area contributed by atoms with Crippen molar-refractivity contribution in [2.24, 2.45) is 11.8 Å². The third-order valence-electron chi connectivity index (χ3n) is 6.36. The van der Waals surface area contributed by atoms with Gasteiger partial charge in [-0.25, -0.2) is 4.39 Å². The molecule has 0 unspecified atom stereocenters. The summed E-state index contributed by atoms with van der Waals surface area (Å²) < 4.78 is 18.6. The van der Waals surface area contributed by atoms with E-state index in [1.54, 1.807) is 12.1 Å². The van der Waals surface area contributed by atoms with Gasteiger partial charge < -0.3 is 20.5 Å². The smallest absolute Gasteiger partial charge is 0.309 e. The van der Waals surface area contributed by atoms with Gasteiger partial charge >= 0.3 is 5.97 Å². The van der Waals surface area contributed by atoms with E-state index in [1.807, 2.05) is 42.5 Å². The van der Waals surface area contributed by atoms with E-state index in [9.17, 15) is 23.9 Å². The van der Waals surface area contributed by atoms with E-state index in [0.29, 0.717) is 32.1 Å². The molecule has 8 heteroatoms. The van der Waals surface area contributed by atoms with Crippen molar-refractivity contribution in [2.75, 3.05) is 19.8 Å². The zero-order valence-corrected chi connectivity index (χ0v) is 20.9. The second kappa shape index (κ2) is 14.9. The molecule has 2 aromatic carbocycles. The third kappa shape index (κ3) is 9.80. The summed E-state index contributed by atoms with van der Waals surface area (Å²) in [6.45, 7) is -0.0364. The van der Waals surface area contributed by atoms with Crippen LogP contribution in [0.2, 0.25) is 0 Å². The highest BCUT2D eigenvalue weighted by Gasteiger charge is 2.24. The molecule has 0 bridgehead atoms. The van der Waals surface area contributed by atoms with Gasteiger partial charge in [-0.1, -0.05) is 54.6 Å². The molecule has 198 valence electrons. The van der Waals surface area contributed by atoms with Gasteiger partial charge in [0, 0.05) is 6.42 Å². The second-order valence-corrected chi connectivity index (χ2v) is 9.31. The normalized spacial score (nSPS) is 20.8. The molecule has 2 amide bonds. The van der Waals surface area contributed by atoms with E-state index < -0.39 is 12.0 Å². The fourth-order valence-corrected chi connectivity index (χ4v) is 4.33. The maximum Gasteiger partial charge on any atom is 0.309 e. The quantitative estimate of drug-likeness (QED) is 0.374. The molecule has 3 N–H and O–H groups in total. The molecule has 0 saturated carbocycles. The zero-order chi connectivity index (χ0) is 26.5. The van der Waals surface area contributed by atoms with Crippen molar-refractivity contribution in [3.63, 3.8) is 0 Å². The monoisotopic (exact) mass is 510 g/mol. The molecule has 0 fully saturated rings. The largest absolute Gasteiger partial charge is 0.464 e. The number of rotatable bonds is 8. The van der Waals surface area contributed by atoms with Crippen LogP contribution >= 0.6 is 0 Å². The van der Waals surface area contributed by atoms with Crippen LogP contribution in [0.5, 0.6) is 0 Å². The summed E-state index contributed by atoms with van der Waals surface area (Å²) in [5, 5.41) is 15.3. The number of aliphatic hydroxyl groups is 1. The molecule has 2 aromatic rings. The van der Waals surface area contributed by atoms with Crippen molar-refractivity contribution in [2.45, 2.75) is 44.6 Å². The molecule has 0 radical (unpaired) electrons. The summed E-state index contributed by atoms with van der Waals surface area (Å²) >= 11 is 0. The minimum absolute atomic E-state index is 0.0194. The topological polar surface area (TPSA) is 105 Å². The van der Waals surface area contributed by atoms with Crippen LogP contribution in [-0.4, -0.2) is 48.7 Å². The Morgan fingerprint density at radius 1 is 1.05 bits per heavy atom. The Bertz CT molecular complexity index is 1040. The van der Waals surface area contributed by atoms with Crippen LogP contribution < -0.4 is 10.6 Å². The Morgan fingerprint density at radius 2 is 1.81 bits per heavy atom. The lowest BCUT2D eigenvalue weighted by atomic mass is 9.94. The standard InChI is InChI=1S/C29H35FN2O5/c30-25-13-11-22(12-14-25)17-24-10-6-2-5-9-23(28(35)31-15-16-37-29(24)36)19-27(34)32-26(20-33)18-21-7-3-1-4-8-21/h1-5,7-8,11-14,23-24,26,33H,6,9-10,15-20H2,(H,31,35)(H,32,34)/b5-2+/t23-,24+,26-/m0/s1. The Kier molecular flexibility index (Phi) is 11.3. The van der Waals surface area contributed by atoms with Gasteiger partial charge in [-0.3, -0.25) is 14.4 Å². The lowest BCUT2D eigenvalue weighted by Gasteiger charge is -2.19. The number of carbonyl (C=O) groups is 3. The summed E-state index contributed by atoms with van der Waals surface area (Å²) in [6, 6.07) is 15.2. The van der Waals surface area contributed by atoms with Crippen LogP contribution in [0.3, 0.4) is 0 Å². The average molecular weight is 511 g/mol. The first-order valence-electron chi connectivity index (χ1n) is 12.7. The third-order valence-corrected chi connectivity index (χ3v) is 6.36. The predicted octanol–water partition coefficient (Wildman–Crippen LogP) is 3.11. The molecule has 1 aliphatic heterocycles. The summed E-state index contributed by atoms with van der Waals surface area (Å²) in [5.74, 6) is -2.24. The van der Waals surface area contributed by atoms with E-state index in [0.717, 1.165) is 11.1 Å². The van der Waals surface area contributed by atoms with Crippen LogP contribution in [0.15, 0.2) is 66.7 Å². The molecular formula is C29H35FN2O5. The van der Waals surface area contributed by atoms with E-state index in [1.165, 1.54) is 12.1 Å². The van der Waals surface area contributed by atoms with Crippen molar-refractivity contribution in [3.8, 4) is 0 Å². The van der Waals surface area contributed by atoms with E-state index in [4.69, 9.17) is 4.74 Å². The van der Waals surface area contributed by atoms with Crippen molar-refractivity contribution in [1.29, 1.82) is 0 Å². The number of allylic oxidation sites excluding steroid dienone is 2. The first kappa shape index (κ1) is 28.1. The number of esters is 1. The Labute approximate surface area is 217 Å². The van der Waals surface area contributed by atoms with Crippen molar-refractivity contribution >= 4 is 17.8 Å². The molecule has 1 heterocycles. The van der Waals surface area contributed by atoms with E-state index >= 15 is 0 Å². The minimum Gasteiger partial charge on any atom is -0.464 e. The molecule has 3 rings (SSSR count). The second-order valence-electron chi connectivity index (χ2n) is 9.31. The van der Waals surface area contributed by atoms with Gasteiger partial charge in [0.2, 0.25) is 11.8 Å². The summed E-state index contributed by atoms with van der Waals surface area (Å²) in [5.41, 5.74) is 1.85. The highest BCUT2D eigenvalue weighted by Crippen LogP contribution is 2.19. The van der Waals surface area contributed by atoms with Gasteiger partial charge in [0.05, 0.1) is 31.0 Å². The van der Waals surface area contributed by atoms with Crippen molar-refractivity contribution in [3.05, 3.63) is 83.7 Å². The van der Waals surface area contributed by atoms with Gasteiger partial charge in [0.15, 0.2) is 0 Å².